The quantitative estimate of drug-likeness (QED) is 0.879. The van der Waals surface area contributed by atoms with Gasteiger partial charge in [0.15, 0.2) is 0 Å². The van der Waals surface area contributed by atoms with E-state index >= 15 is 0 Å². The number of hydrogen-bond donors (Lipinski definition) is 1. The Kier molecular flexibility index (Phi) is 3.75. The highest BCUT2D eigenvalue weighted by atomic mass is 32.2. The van der Waals surface area contributed by atoms with Gasteiger partial charge in [0.25, 0.3) is 0 Å². The molecule has 1 fully saturated rings. The number of nitrogens with zero attached hydrogens (tertiary/aromatic N) is 1. The molecule has 4 nitrogen and oxygen atoms in total. The first kappa shape index (κ1) is 13.5. The zero-order valence-electron chi connectivity index (χ0n) is 11.1. The summed E-state index contributed by atoms with van der Waals surface area (Å²) in [7, 11) is -3.37. The van der Waals surface area contributed by atoms with Crippen molar-refractivity contribution in [3.8, 4) is 0 Å². The summed E-state index contributed by atoms with van der Waals surface area (Å²) >= 11 is 0. The Labute approximate surface area is 109 Å². The van der Waals surface area contributed by atoms with Crippen LogP contribution >= 0.6 is 0 Å². The van der Waals surface area contributed by atoms with Crippen LogP contribution in [0.4, 0.5) is 0 Å². The molecular weight excluding hydrogens is 248 g/mol. The van der Waals surface area contributed by atoms with Crippen LogP contribution in [-0.2, 0) is 10.0 Å². The predicted molar refractivity (Wildman–Crippen MR) is 72.1 cm³/mol. The minimum Gasteiger partial charge on any atom is -0.314 e. The predicted octanol–water partition coefficient (Wildman–Crippen LogP) is 1.29. The number of hydrogen-bond acceptors (Lipinski definition) is 3. The lowest BCUT2D eigenvalue weighted by molar-refractivity contribution is 0.283. The molecule has 0 aromatic heterocycles. The third-order valence-electron chi connectivity index (χ3n) is 3.37. The zero-order valence-corrected chi connectivity index (χ0v) is 11.9. The van der Waals surface area contributed by atoms with Crippen molar-refractivity contribution < 1.29 is 8.42 Å². The SMILES string of the molecule is Cc1ccc(C)c(S(=O)(=O)N2CCNCC2C)c1. The molecule has 1 saturated heterocycles. The Morgan fingerprint density at radius 1 is 1.33 bits per heavy atom. The molecule has 1 aliphatic heterocycles. The van der Waals surface area contributed by atoms with Crippen molar-refractivity contribution in [3.63, 3.8) is 0 Å². The Morgan fingerprint density at radius 3 is 2.72 bits per heavy atom. The third kappa shape index (κ3) is 2.43. The van der Waals surface area contributed by atoms with Crippen molar-refractivity contribution in [1.82, 2.24) is 9.62 Å². The number of aryl methyl sites for hydroxylation is 2. The summed E-state index contributed by atoms with van der Waals surface area (Å²) in [5, 5.41) is 3.21. The van der Waals surface area contributed by atoms with Crippen LogP contribution in [0.2, 0.25) is 0 Å². The van der Waals surface area contributed by atoms with E-state index in [1.54, 1.807) is 10.4 Å². The highest BCUT2D eigenvalue weighted by molar-refractivity contribution is 7.89. The summed E-state index contributed by atoms with van der Waals surface area (Å²) in [6, 6.07) is 5.58. The highest BCUT2D eigenvalue weighted by Gasteiger charge is 2.31. The number of rotatable bonds is 2. The number of piperazine rings is 1. The molecule has 18 heavy (non-hydrogen) atoms. The van der Waals surface area contributed by atoms with Crippen molar-refractivity contribution in [2.45, 2.75) is 31.7 Å². The average Bonchev–Trinajstić information content (AvgIpc) is 2.32. The van der Waals surface area contributed by atoms with E-state index in [1.807, 2.05) is 32.9 Å². The average molecular weight is 268 g/mol. The molecule has 0 amide bonds. The molecular formula is C13H20N2O2S. The van der Waals surface area contributed by atoms with Crippen molar-refractivity contribution in [1.29, 1.82) is 0 Å². The van der Waals surface area contributed by atoms with Gasteiger partial charge in [0.05, 0.1) is 4.90 Å². The standard InChI is InChI=1S/C13H20N2O2S/c1-10-4-5-11(2)13(8-10)18(16,17)15-7-6-14-9-12(15)3/h4-5,8,12,14H,6-7,9H2,1-3H3. The minimum absolute atomic E-state index is 0.00339. The lowest BCUT2D eigenvalue weighted by atomic mass is 10.2. The van der Waals surface area contributed by atoms with E-state index in [9.17, 15) is 8.42 Å². The highest BCUT2D eigenvalue weighted by Crippen LogP contribution is 2.23. The molecule has 1 N–H and O–H groups in total. The van der Waals surface area contributed by atoms with Crippen molar-refractivity contribution in [3.05, 3.63) is 29.3 Å². The fourth-order valence-electron chi connectivity index (χ4n) is 2.29. The summed E-state index contributed by atoms with van der Waals surface area (Å²) in [6.07, 6.45) is 0. The Balaban J connectivity index is 2.44. The molecule has 0 radical (unpaired) electrons. The van der Waals surface area contributed by atoms with Crippen molar-refractivity contribution >= 4 is 10.0 Å². The topological polar surface area (TPSA) is 49.4 Å². The van der Waals surface area contributed by atoms with Crippen LogP contribution in [0.25, 0.3) is 0 Å². The summed E-state index contributed by atoms with van der Waals surface area (Å²) in [5.74, 6) is 0. The van der Waals surface area contributed by atoms with Gasteiger partial charge in [-0.05, 0) is 38.0 Å². The second kappa shape index (κ2) is 4.99. The van der Waals surface area contributed by atoms with E-state index < -0.39 is 10.0 Å². The molecule has 0 spiro atoms. The van der Waals surface area contributed by atoms with Crippen molar-refractivity contribution in [2.24, 2.45) is 0 Å². The molecule has 1 heterocycles. The fourth-order valence-corrected chi connectivity index (χ4v) is 4.23. The van der Waals surface area contributed by atoms with Crippen LogP contribution in [0.1, 0.15) is 18.1 Å². The lowest BCUT2D eigenvalue weighted by Crippen LogP contribution is -2.52. The summed E-state index contributed by atoms with van der Waals surface area (Å²) in [4.78, 5) is 0.441. The monoisotopic (exact) mass is 268 g/mol. The van der Waals surface area contributed by atoms with E-state index in [4.69, 9.17) is 0 Å². The fraction of sp³-hybridized carbons (Fsp3) is 0.538. The van der Waals surface area contributed by atoms with Crippen LogP contribution in [0.3, 0.4) is 0 Å². The molecule has 100 valence electrons. The second-order valence-corrected chi connectivity index (χ2v) is 6.80. The van der Waals surface area contributed by atoms with E-state index in [2.05, 4.69) is 5.32 Å². The number of nitrogens with one attached hydrogen (secondary N) is 1. The molecule has 0 saturated carbocycles. The molecule has 1 atom stereocenters. The van der Waals surface area contributed by atoms with Gasteiger partial charge in [-0.3, -0.25) is 0 Å². The van der Waals surface area contributed by atoms with Gasteiger partial charge >= 0.3 is 0 Å². The third-order valence-corrected chi connectivity index (χ3v) is 5.53. The molecule has 2 rings (SSSR count). The van der Waals surface area contributed by atoms with E-state index in [0.29, 0.717) is 24.5 Å². The number of sulfonamides is 1. The van der Waals surface area contributed by atoms with Gasteiger partial charge in [-0.15, -0.1) is 0 Å². The zero-order chi connectivity index (χ0) is 13.3. The van der Waals surface area contributed by atoms with Crippen LogP contribution in [0.5, 0.6) is 0 Å². The maximum atomic E-state index is 12.7. The van der Waals surface area contributed by atoms with Gasteiger partial charge in [-0.1, -0.05) is 12.1 Å². The number of benzene rings is 1. The summed E-state index contributed by atoms with van der Waals surface area (Å²) < 4.78 is 26.9. The largest absolute Gasteiger partial charge is 0.314 e. The molecule has 1 aliphatic rings. The van der Waals surface area contributed by atoms with Crippen molar-refractivity contribution in [2.75, 3.05) is 19.6 Å². The van der Waals surface area contributed by atoms with Gasteiger partial charge in [-0.25, -0.2) is 8.42 Å². The first-order valence-corrected chi connectivity index (χ1v) is 7.67. The van der Waals surface area contributed by atoms with Crippen LogP contribution in [0.15, 0.2) is 23.1 Å². The van der Waals surface area contributed by atoms with Gasteiger partial charge in [0.2, 0.25) is 10.0 Å². The molecule has 1 aromatic carbocycles. The molecule has 0 aliphatic carbocycles. The Morgan fingerprint density at radius 2 is 2.06 bits per heavy atom. The minimum atomic E-state index is -3.37. The van der Waals surface area contributed by atoms with E-state index in [1.165, 1.54) is 0 Å². The van der Waals surface area contributed by atoms with E-state index in [0.717, 1.165) is 11.1 Å². The first-order valence-electron chi connectivity index (χ1n) is 6.23. The Hall–Kier alpha value is -0.910. The van der Waals surface area contributed by atoms with Gasteiger partial charge in [0.1, 0.15) is 0 Å². The molecule has 5 heteroatoms. The van der Waals surface area contributed by atoms with Gasteiger partial charge in [0, 0.05) is 25.7 Å². The van der Waals surface area contributed by atoms with E-state index in [-0.39, 0.29) is 6.04 Å². The van der Waals surface area contributed by atoms with Gasteiger partial charge < -0.3 is 5.32 Å². The first-order chi connectivity index (χ1) is 8.43. The molecule has 1 unspecified atom stereocenters. The normalized spacial score (nSPS) is 22.1. The Bertz CT molecular complexity index is 540. The maximum absolute atomic E-state index is 12.7. The van der Waals surface area contributed by atoms with Crippen LogP contribution < -0.4 is 5.32 Å². The van der Waals surface area contributed by atoms with Crippen LogP contribution in [-0.4, -0.2) is 38.4 Å². The second-order valence-electron chi connectivity index (χ2n) is 4.94. The van der Waals surface area contributed by atoms with Gasteiger partial charge in [-0.2, -0.15) is 4.31 Å². The van der Waals surface area contributed by atoms with Crippen LogP contribution in [0, 0.1) is 13.8 Å². The lowest BCUT2D eigenvalue weighted by Gasteiger charge is -2.33. The summed E-state index contributed by atoms with van der Waals surface area (Å²) in [5.41, 5.74) is 1.79. The smallest absolute Gasteiger partial charge is 0.243 e. The molecule has 1 aromatic rings. The molecule has 0 bridgehead atoms. The summed E-state index contributed by atoms with van der Waals surface area (Å²) in [6.45, 7) is 7.67. The maximum Gasteiger partial charge on any atom is 0.243 e.